The van der Waals surface area contributed by atoms with Crippen LogP contribution in [-0.2, 0) is 4.79 Å². The number of allylic oxidation sites excluding steroid dienone is 9. The standard InChI is InChI=1S/C27H31F3O3/c1-19(14-15-24-21(3)11-8-16-26(24,4)5)9-6-10-20(2)17-25(31)32-22-12-7-13-23(18-22)33-27(28,29)30/h6-7,9-10,12-15,17-18H,8,11,16H2,1-5H3/b10-6+,15-14+,19-9+,20-17+. The summed E-state index contributed by atoms with van der Waals surface area (Å²) in [6.45, 7) is 10.5. The Hall–Kier alpha value is -3.02. The molecule has 0 aromatic heterocycles. The number of hydrogen-bond donors (Lipinski definition) is 0. The van der Waals surface area contributed by atoms with E-state index in [4.69, 9.17) is 4.74 Å². The Bertz CT molecular complexity index is 1010. The summed E-state index contributed by atoms with van der Waals surface area (Å²) >= 11 is 0. The first-order valence-corrected chi connectivity index (χ1v) is 10.8. The summed E-state index contributed by atoms with van der Waals surface area (Å²) in [4.78, 5) is 12.1. The Morgan fingerprint density at radius 2 is 1.79 bits per heavy atom. The number of carbonyl (C=O) groups is 1. The zero-order valence-corrected chi connectivity index (χ0v) is 19.8. The number of halogens is 3. The van der Waals surface area contributed by atoms with Crippen LogP contribution in [-0.4, -0.2) is 12.3 Å². The Kier molecular flexibility index (Phi) is 8.91. The number of hydrogen-bond acceptors (Lipinski definition) is 3. The maximum absolute atomic E-state index is 12.3. The highest BCUT2D eigenvalue weighted by Crippen LogP contribution is 2.40. The van der Waals surface area contributed by atoms with Crippen LogP contribution in [0.4, 0.5) is 13.2 Å². The minimum atomic E-state index is -4.81. The van der Waals surface area contributed by atoms with Crippen LogP contribution in [0.2, 0.25) is 0 Å². The van der Waals surface area contributed by atoms with E-state index < -0.39 is 18.1 Å². The van der Waals surface area contributed by atoms with Gasteiger partial charge in [-0.05, 0) is 68.7 Å². The molecule has 2 rings (SSSR count). The van der Waals surface area contributed by atoms with Gasteiger partial charge in [-0.15, -0.1) is 13.2 Å². The van der Waals surface area contributed by atoms with Crippen LogP contribution in [0.3, 0.4) is 0 Å². The molecular formula is C27H31F3O3. The van der Waals surface area contributed by atoms with E-state index in [0.29, 0.717) is 5.57 Å². The van der Waals surface area contributed by atoms with Gasteiger partial charge >= 0.3 is 12.3 Å². The minimum Gasteiger partial charge on any atom is -0.423 e. The fraction of sp³-hybridized carbons (Fsp3) is 0.370. The predicted octanol–water partition coefficient (Wildman–Crippen LogP) is 8.02. The predicted molar refractivity (Wildman–Crippen MR) is 125 cm³/mol. The highest BCUT2D eigenvalue weighted by molar-refractivity contribution is 5.85. The fourth-order valence-electron chi connectivity index (χ4n) is 3.75. The van der Waals surface area contributed by atoms with Crippen molar-refractivity contribution < 1.29 is 27.4 Å². The number of esters is 1. The molecule has 0 N–H and O–H groups in total. The van der Waals surface area contributed by atoms with Crippen molar-refractivity contribution >= 4 is 5.97 Å². The molecule has 0 saturated heterocycles. The maximum atomic E-state index is 12.3. The lowest BCUT2D eigenvalue weighted by Gasteiger charge is -2.32. The van der Waals surface area contributed by atoms with Crippen molar-refractivity contribution in [1.82, 2.24) is 0 Å². The molecule has 1 aromatic carbocycles. The van der Waals surface area contributed by atoms with E-state index in [0.717, 1.165) is 24.1 Å². The van der Waals surface area contributed by atoms with E-state index in [-0.39, 0.29) is 11.2 Å². The number of carbonyl (C=O) groups excluding carboxylic acids is 1. The highest BCUT2D eigenvalue weighted by Gasteiger charge is 2.31. The van der Waals surface area contributed by atoms with Crippen molar-refractivity contribution in [2.75, 3.05) is 0 Å². The molecule has 0 fully saturated rings. The van der Waals surface area contributed by atoms with Gasteiger partial charge in [0, 0.05) is 12.1 Å². The second-order valence-corrected chi connectivity index (χ2v) is 8.87. The molecule has 0 saturated carbocycles. The zero-order valence-electron chi connectivity index (χ0n) is 19.8. The van der Waals surface area contributed by atoms with Gasteiger partial charge in [0.1, 0.15) is 11.5 Å². The summed E-state index contributed by atoms with van der Waals surface area (Å²) in [5.41, 5.74) is 4.74. The molecule has 0 spiro atoms. The molecule has 1 aliphatic carbocycles. The normalized spacial score (nSPS) is 17.7. The fourth-order valence-corrected chi connectivity index (χ4v) is 3.75. The molecule has 0 atom stereocenters. The maximum Gasteiger partial charge on any atom is 0.573 e. The largest absolute Gasteiger partial charge is 0.573 e. The van der Waals surface area contributed by atoms with Gasteiger partial charge < -0.3 is 9.47 Å². The molecule has 0 bridgehead atoms. The van der Waals surface area contributed by atoms with Gasteiger partial charge in [0.15, 0.2) is 0 Å². The summed E-state index contributed by atoms with van der Waals surface area (Å²) in [5.74, 6) is -1.18. The molecule has 6 heteroatoms. The topological polar surface area (TPSA) is 35.5 Å². The van der Waals surface area contributed by atoms with E-state index in [1.807, 2.05) is 19.1 Å². The van der Waals surface area contributed by atoms with Crippen LogP contribution in [0.1, 0.15) is 53.9 Å². The molecule has 0 unspecified atom stereocenters. The average molecular weight is 461 g/mol. The van der Waals surface area contributed by atoms with Crippen molar-refractivity contribution in [3.63, 3.8) is 0 Å². The van der Waals surface area contributed by atoms with Crippen LogP contribution in [0.15, 0.2) is 83.0 Å². The molecule has 0 amide bonds. The molecule has 0 heterocycles. The van der Waals surface area contributed by atoms with Crippen LogP contribution >= 0.6 is 0 Å². The molecule has 3 nitrogen and oxygen atoms in total. The van der Waals surface area contributed by atoms with E-state index in [9.17, 15) is 18.0 Å². The van der Waals surface area contributed by atoms with E-state index >= 15 is 0 Å². The molecular weight excluding hydrogens is 429 g/mol. The second kappa shape index (κ2) is 11.2. The van der Waals surface area contributed by atoms with Crippen LogP contribution in [0.25, 0.3) is 0 Å². The monoisotopic (exact) mass is 460 g/mol. The van der Waals surface area contributed by atoms with Gasteiger partial charge in [0.25, 0.3) is 0 Å². The SMILES string of the molecule is CC1=C(/C=C/C(C)=C/C=C/C(C)=C/C(=O)Oc2cccc(OC(F)(F)F)c2)C(C)(C)CCC1. The van der Waals surface area contributed by atoms with Gasteiger partial charge in [0.2, 0.25) is 0 Å². The summed E-state index contributed by atoms with van der Waals surface area (Å²) in [7, 11) is 0. The van der Waals surface area contributed by atoms with Gasteiger partial charge in [-0.2, -0.15) is 0 Å². The van der Waals surface area contributed by atoms with Crippen LogP contribution < -0.4 is 9.47 Å². The van der Waals surface area contributed by atoms with Crippen molar-refractivity contribution in [2.24, 2.45) is 5.41 Å². The Morgan fingerprint density at radius 1 is 1.09 bits per heavy atom. The molecule has 178 valence electrons. The first-order chi connectivity index (χ1) is 15.4. The molecule has 1 aromatic rings. The van der Waals surface area contributed by atoms with Gasteiger partial charge in [-0.3, -0.25) is 0 Å². The lowest BCUT2D eigenvalue weighted by atomic mass is 9.72. The first-order valence-electron chi connectivity index (χ1n) is 10.8. The highest BCUT2D eigenvalue weighted by atomic mass is 19.4. The molecule has 33 heavy (non-hydrogen) atoms. The number of benzene rings is 1. The third-order valence-electron chi connectivity index (χ3n) is 5.38. The minimum absolute atomic E-state index is 0.0362. The second-order valence-electron chi connectivity index (χ2n) is 8.87. The Balaban J connectivity index is 1.97. The Morgan fingerprint density at radius 3 is 2.45 bits per heavy atom. The molecule has 1 aliphatic rings. The quantitative estimate of drug-likeness (QED) is 0.179. The number of ether oxygens (including phenoxy) is 2. The third kappa shape index (κ3) is 9.16. The lowest BCUT2D eigenvalue weighted by molar-refractivity contribution is -0.274. The van der Waals surface area contributed by atoms with Crippen molar-refractivity contribution in [1.29, 1.82) is 0 Å². The summed E-state index contributed by atoms with van der Waals surface area (Å²) in [5, 5.41) is 0. The van der Waals surface area contributed by atoms with E-state index in [2.05, 4.69) is 37.7 Å². The van der Waals surface area contributed by atoms with Crippen molar-refractivity contribution in [2.45, 2.75) is 60.2 Å². The van der Waals surface area contributed by atoms with E-state index in [1.165, 1.54) is 42.2 Å². The van der Waals surface area contributed by atoms with Gasteiger partial charge in [-0.1, -0.05) is 61.4 Å². The van der Waals surface area contributed by atoms with Crippen molar-refractivity contribution in [3.05, 3.63) is 83.0 Å². The molecule has 0 aliphatic heterocycles. The summed E-state index contributed by atoms with van der Waals surface area (Å²) in [6.07, 6.45) is 9.86. The zero-order chi connectivity index (χ0) is 24.6. The molecule has 0 radical (unpaired) electrons. The first kappa shape index (κ1) is 26.2. The third-order valence-corrected chi connectivity index (χ3v) is 5.38. The van der Waals surface area contributed by atoms with Gasteiger partial charge in [-0.25, -0.2) is 4.79 Å². The Labute approximate surface area is 194 Å². The van der Waals surface area contributed by atoms with Crippen LogP contribution in [0.5, 0.6) is 11.5 Å². The summed E-state index contributed by atoms with van der Waals surface area (Å²) < 4.78 is 45.9. The smallest absolute Gasteiger partial charge is 0.423 e. The van der Waals surface area contributed by atoms with Crippen LogP contribution in [0, 0.1) is 5.41 Å². The average Bonchev–Trinajstić information content (AvgIpc) is 2.65. The summed E-state index contributed by atoms with van der Waals surface area (Å²) in [6, 6.07) is 4.83. The van der Waals surface area contributed by atoms with Gasteiger partial charge in [0.05, 0.1) is 0 Å². The number of rotatable bonds is 7. The lowest BCUT2D eigenvalue weighted by Crippen LogP contribution is -2.19. The van der Waals surface area contributed by atoms with Crippen molar-refractivity contribution in [3.8, 4) is 11.5 Å². The number of alkyl halides is 3. The van der Waals surface area contributed by atoms with E-state index in [1.54, 1.807) is 13.0 Å².